The molecule has 0 bridgehead atoms. The molecule has 3 heterocycles. The second kappa shape index (κ2) is 7.22. The molecule has 0 aliphatic heterocycles. The number of aryl methyl sites for hydroxylation is 5. The van der Waals surface area contributed by atoms with Crippen molar-refractivity contribution in [2.45, 2.75) is 73.1 Å². The number of aromatic nitrogens is 2. The summed E-state index contributed by atoms with van der Waals surface area (Å²) < 4.78 is 5.00. The Labute approximate surface area is 213 Å². The lowest BCUT2D eigenvalue weighted by atomic mass is 9.70. The first-order valence-electron chi connectivity index (χ1n) is 13.7. The topological polar surface area (TPSA) is 8.29 Å². The Hall–Kier alpha value is -3.13. The molecule has 1 fully saturated rings. The van der Waals surface area contributed by atoms with Gasteiger partial charge in [-0.05, 0) is 110 Å². The number of pyridine rings is 2. The Morgan fingerprint density at radius 2 is 1.58 bits per heavy atom. The van der Waals surface area contributed by atoms with Crippen molar-refractivity contribution in [3.63, 3.8) is 0 Å². The average molecular weight is 474 g/mol. The van der Waals surface area contributed by atoms with E-state index in [0.717, 1.165) is 0 Å². The highest BCUT2D eigenvalue weighted by molar-refractivity contribution is 6.28. The highest BCUT2D eigenvalue weighted by atomic mass is 15.0. The number of benzene rings is 3. The zero-order valence-corrected chi connectivity index (χ0v) is 22.8. The fourth-order valence-electron chi connectivity index (χ4n) is 7.42. The third kappa shape index (κ3) is 2.82. The lowest BCUT2D eigenvalue weighted by Gasteiger charge is -2.35. The minimum atomic E-state index is 0.468. The SMILES string of the molecule is Cc1ccc2c3c(C4CCC(C)(C)CC4)cc4cc[n+](C)c5c6c(C)c(C)cc(C)c6n(c2c1)c3c45. The molecule has 182 valence electrons. The first-order chi connectivity index (χ1) is 17.2. The summed E-state index contributed by atoms with van der Waals surface area (Å²) >= 11 is 0. The van der Waals surface area contributed by atoms with Gasteiger partial charge in [-0.3, -0.25) is 0 Å². The van der Waals surface area contributed by atoms with Crippen LogP contribution >= 0.6 is 0 Å². The zero-order valence-electron chi connectivity index (χ0n) is 22.8. The third-order valence-electron chi connectivity index (χ3n) is 9.57. The van der Waals surface area contributed by atoms with E-state index in [0.29, 0.717) is 11.3 Å². The van der Waals surface area contributed by atoms with E-state index in [9.17, 15) is 0 Å². The maximum absolute atomic E-state index is 2.64. The number of nitrogens with zero attached hydrogens (tertiary/aromatic N) is 2. The smallest absolute Gasteiger partial charge is 0.224 e. The molecule has 1 saturated carbocycles. The Morgan fingerprint density at radius 3 is 2.33 bits per heavy atom. The van der Waals surface area contributed by atoms with Crippen LogP contribution in [-0.4, -0.2) is 4.40 Å². The predicted octanol–water partition coefficient (Wildman–Crippen LogP) is 8.73. The van der Waals surface area contributed by atoms with Crippen LogP contribution in [-0.2, 0) is 7.05 Å². The van der Waals surface area contributed by atoms with Gasteiger partial charge < -0.3 is 4.40 Å². The molecule has 0 amide bonds. The Morgan fingerprint density at radius 1 is 0.833 bits per heavy atom. The van der Waals surface area contributed by atoms with E-state index in [1.54, 1.807) is 5.56 Å². The van der Waals surface area contributed by atoms with E-state index in [-0.39, 0.29) is 0 Å². The summed E-state index contributed by atoms with van der Waals surface area (Å²) in [4.78, 5) is 0. The minimum absolute atomic E-state index is 0.468. The summed E-state index contributed by atoms with van der Waals surface area (Å²) in [6.07, 6.45) is 7.47. The van der Waals surface area contributed by atoms with E-state index in [2.05, 4.69) is 100 Å². The molecule has 6 aromatic rings. The van der Waals surface area contributed by atoms with Crippen molar-refractivity contribution in [1.29, 1.82) is 0 Å². The van der Waals surface area contributed by atoms with Crippen molar-refractivity contribution >= 4 is 49.0 Å². The number of rotatable bonds is 1. The van der Waals surface area contributed by atoms with Crippen LogP contribution in [0, 0.1) is 33.1 Å². The van der Waals surface area contributed by atoms with Gasteiger partial charge in [0.25, 0.3) is 0 Å². The van der Waals surface area contributed by atoms with Gasteiger partial charge in [0, 0.05) is 16.8 Å². The molecule has 3 aromatic heterocycles. The highest BCUT2D eigenvalue weighted by Gasteiger charge is 2.32. The summed E-state index contributed by atoms with van der Waals surface area (Å²) in [5, 5.41) is 7.13. The van der Waals surface area contributed by atoms with Gasteiger partial charge in [-0.2, -0.15) is 0 Å². The van der Waals surface area contributed by atoms with E-state index in [4.69, 9.17) is 0 Å². The lowest BCUT2D eigenvalue weighted by Crippen LogP contribution is -2.29. The maximum atomic E-state index is 2.64. The normalized spacial score (nSPS) is 17.0. The van der Waals surface area contributed by atoms with Crippen molar-refractivity contribution in [2.75, 3.05) is 0 Å². The molecule has 1 aliphatic carbocycles. The Kier molecular flexibility index (Phi) is 4.43. The van der Waals surface area contributed by atoms with Crippen LogP contribution in [0.25, 0.3) is 49.0 Å². The summed E-state index contributed by atoms with van der Waals surface area (Å²) in [5.74, 6) is 0.627. The second-order valence-corrected chi connectivity index (χ2v) is 12.6. The molecule has 2 nitrogen and oxygen atoms in total. The van der Waals surface area contributed by atoms with Gasteiger partial charge >= 0.3 is 0 Å². The molecule has 0 spiro atoms. The van der Waals surface area contributed by atoms with Gasteiger partial charge in [0.05, 0.1) is 27.3 Å². The summed E-state index contributed by atoms with van der Waals surface area (Å²) in [6, 6.07) is 14.4. The standard InChI is InChI=1S/C34H37N2/c1-19-8-9-25-27(16-19)36-31-21(3)17-20(2)22(4)28(31)32-29-24(12-15-35(32)7)18-26(30(25)33(29)36)23-10-13-34(5,6)14-11-23/h8-9,12,15-18,23H,10-11,13-14H2,1-7H3/q+1. The average Bonchev–Trinajstić information content (AvgIpc) is 3.16. The van der Waals surface area contributed by atoms with Crippen LogP contribution < -0.4 is 4.57 Å². The molecule has 7 rings (SSSR count). The largest absolute Gasteiger partial charge is 0.307 e. The first kappa shape index (κ1) is 22.1. The molecule has 1 aliphatic rings. The van der Waals surface area contributed by atoms with Gasteiger partial charge in [0.15, 0.2) is 6.20 Å². The van der Waals surface area contributed by atoms with Gasteiger partial charge in [-0.25, -0.2) is 4.57 Å². The summed E-state index contributed by atoms with van der Waals surface area (Å²) in [5.41, 5.74) is 13.0. The molecule has 3 aromatic carbocycles. The summed E-state index contributed by atoms with van der Waals surface area (Å²) in [7, 11) is 2.22. The predicted molar refractivity (Wildman–Crippen MR) is 154 cm³/mol. The summed E-state index contributed by atoms with van der Waals surface area (Å²) in [6.45, 7) is 14.0. The third-order valence-corrected chi connectivity index (χ3v) is 9.57. The molecule has 0 unspecified atom stereocenters. The lowest BCUT2D eigenvalue weighted by molar-refractivity contribution is -0.643. The monoisotopic (exact) mass is 473 g/mol. The van der Waals surface area contributed by atoms with Crippen LogP contribution in [0.4, 0.5) is 0 Å². The minimum Gasteiger partial charge on any atom is -0.307 e. The fourth-order valence-corrected chi connectivity index (χ4v) is 7.42. The maximum Gasteiger partial charge on any atom is 0.224 e. The van der Waals surface area contributed by atoms with Crippen LogP contribution in [0.2, 0.25) is 0 Å². The fraction of sp³-hybridized carbons (Fsp3) is 0.382. The Balaban J connectivity index is 1.78. The van der Waals surface area contributed by atoms with Gasteiger partial charge in [-0.15, -0.1) is 0 Å². The molecular weight excluding hydrogens is 436 g/mol. The highest BCUT2D eigenvalue weighted by Crippen LogP contribution is 2.49. The number of hydrogen-bond acceptors (Lipinski definition) is 0. The van der Waals surface area contributed by atoms with E-state index < -0.39 is 0 Å². The van der Waals surface area contributed by atoms with E-state index in [1.165, 1.54) is 96.9 Å². The van der Waals surface area contributed by atoms with Gasteiger partial charge in [0.2, 0.25) is 5.52 Å². The molecule has 0 N–H and O–H groups in total. The molecule has 0 saturated heterocycles. The molecule has 0 radical (unpaired) electrons. The number of hydrogen-bond donors (Lipinski definition) is 0. The molecule has 2 heteroatoms. The second-order valence-electron chi connectivity index (χ2n) is 12.6. The quantitative estimate of drug-likeness (QED) is 0.128. The van der Waals surface area contributed by atoms with Crippen molar-refractivity contribution in [1.82, 2.24) is 4.40 Å². The van der Waals surface area contributed by atoms with Gasteiger partial charge in [-0.1, -0.05) is 32.0 Å². The van der Waals surface area contributed by atoms with Crippen molar-refractivity contribution in [2.24, 2.45) is 12.5 Å². The van der Waals surface area contributed by atoms with Crippen LogP contribution in [0.3, 0.4) is 0 Å². The van der Waals surface area contributed by atoms with Crippen LogP contribution in [0.1, 0.15) is 73.3 Å². The van der Waals surface area contributed by atoms with Crippen molar-refractivity contribution in [3.05, 3.63) is 70.4 Å². The zero-order chi connectivity index (χ0) is 25.1. The number of fused-ring (bicyclic) bond motifs is 6. The van der Waals surface area contributed by atoms with Crippen molar-refractivity contribution < 1.29 is 4.57 Å². The van der Waals surface area contributed by atoms with Crippen molar-refractivity contribution in [3.8, 4) is 0 Å². The van der Waals surface area contributed by atoms with E-state index in [1.807, 2.05) is 0 Å². The van der Waals surface area contributed by atoms with Crippen LogP contribution in [0.15, 0.2) is 42.6 Å². The van der Waals surface area contributed by atoms with E-state index >= 15 is 0 Å². The first-order valence-corrected chi connectivity index (χ1v) is 13.7. The molecule has 36 heavy (non-hydrogen) atoms. The van der Waals surface area contributed by atoms with Gasteiger partial charge in [0.1, 0.15) is 7.05 Å². The Bertz CT molecular complexity index is 1850. The van der Waals surface area contributed by atoms with Crippen LogP contribution in [0.5, 0.6) is 0 Å². The molecular formula is C34H37N2+. The molecule has 0 atom stereocenters.